The Morgan fingerprint density at radius 3 is 2.43 bits per heavy atom. The van der Waals surface area contributed by atoms with Gasteiger partial charge in [-0.05, 0) is 11.6 Å². The van der Waals surface area contributed by atoms with Crippen LogP contribution in [-0.4, -0.2) is 24.4 Å². The van der Waals surface area contributed by atoms with Crippen LogP contribution in [0.2, 0.25) is 0 Å². The van der Waals surface area contributed by atoms with Gasteiger partial charge in [0, 0.05) is 12.1 Å². The number of hydrogen-bond acceptors (Lipinski definition) is 5. The molecule has 0 spiro atoms. The van der Waals surface area contributed by atoms with Crippen molar-refractivity contribution in [3.8, 4) is 5.88 Å². The highest BCUT2D eigenvalue weighted by molar-refractivity contribution is 5.73. The van der Waals surface area contributed by atoms with Crippen LogP contribution in [0.3, 0.4) is 0 Å². The number of rotatable bonds is 5. The molecule has 10 heteroatoms. The minimum absolute atomic E-state index is 0.254. The normalized spacial score (nSPS) is 11.6. The van der Waals surface area contributed by atoms with Crippen LogP contribution in [0.4, 0.5) is 22.0 Å². The summed E-state index contributed by atoms with van der Waals surface area (Å²) >= 11 is 0. The number of halogens is 5. The summed E-state index contributed by atoms with van der Waals surface area (Å²) in [7, 11) is 1.04. The van der Waals surface area contributed by atoms with Crippen molar-refractivity contribution < 1.29 is 36.2 Å². The summed E-state index contributed by atoms with van der Waals surface area (Å²) in [5, 5.41) is 0. The maximum absolute atomic E-state index is 12.8. The summed E-state index contributed by atoms with van der Waals surface area (Å²) in [6.45, 7) is -0.434. The van der Waals surface area contributed by atoms with E-state index in [2.05, 4.69) is 14.5 Å². The highest BCUT2D eigenvalue weighted by atomic mass is 19.4. The number of carbonyl (C=O) groups excluding carboxylic acids is 1. The first kappa shape index (κ1) is 17.1. The zero-order valence-electron chi connectivity index (χ0n) is 10.7. The van der Waals surface area contributed by atoms with Crippen molar-refractivity contribution in [2.75, 3.05) is 7.11 Å². The Morgan fingerprint density at radius 2 is 2.00 bits per heavy atom. The number of pyridine rings is 1. The lowest BCUT2D eigenvalue weighted by molar-refractivity contribution is -0.276. The van der Waals surface area contributed by atoms with E-state index < -0.39 is 43.3 Å². The number of methoxy groups -OCH3 is 1. The van der Waals surface area contributed by atoms with E-state index >= 15 is 0 Å². The Kier molecular flexibility index (Phi) is 5.41. The number of carbonyl (C=O) groups is 1. The van der Waals surface area contributed by atoms with Crippen LogP contribution in [-0.2, 0) is 22.5 Å². The third-order valence-corrected chi connectivity index (χ3v) is 2.38. The van der Waals surface area contributed by atoms with Gasteiger partial charge in [0.05, 0.1) is 13.5 Å². The molecule has 0 radical (unpaired) electrons. The van der Waals surface area contributed by atoms with Gasteiger partial charge in [-0.25, -0.2) is 13.8 Å². The van der Waals surface area contributed by atoms with Crippen LogP contribution >= 0.6 is 0 Å². The Morgan fingerprint density at radius 1 is 1.38 bits per heavy atom. The molecule has 0 atom stereocenters. The number of nitrogens with two attached hydrogens (primary N) is 1. The van der Waals surface area contributed by atoms with Gasteiger partial charge in [-0.3, -0.25) is 4.79 Å². The average Bonchev–Trinajstić information content (AvgIpc) is 2.37. The van der Waals surface area contributed by atoms with E-state index in [1.54, 1.807) is 0 Å². The monoisotopic (exact) mass is 314 g/mol. The molecule has 2 N–H and O–H groups in total. The third-order valence-electron chi connectivity index (χ3n) is 2.38. The van der Waals surface area contributed by atoms with Crippen LogP contribution in [0.1, 0.15) is 23.2 Å². The van der Waals surface area contributed by atoms with Crippen molar-refractivity contribution in [2.24, 2.45) is 5.73 Å². The summed E-state index contributed by atoms with van der Waals surface area (Å²) < 4.78 is 70.1. The SMILES string of the molecule is COC(=O)Cc1cc(CN)c(OC(F)(F)F)nc1C(F)F. The van der Waals surface area contributed by atoms with Crippen molar-refractivity contribution in [3.63, 3.8) is 0 Å². The van der Waals surface area contributed by atoms with Gasteiger partial charge in [-0.2, -0.15) is 0 Å². The van der Waals surface area contributed by atoms with Crippen LogP contribution in [0.15, 0.2) is 6.07 Å². The van der Waals surface area contributed by atoms with E-state index in [0.29, 0.717) is 0 Å². The molecule has 5 nitrogen and oxygen atoms in total. The number of ether oxygens (including phenoxy) is 2. The minimum Gasteiger partial charge on any atom is -0.469 e. The largest absolute Gasteiger partial charge is 0.574 e. The summed E-state index contributed by atoms with van der Waals surface area (Å²) in [4.78, 5) is 14.3. The molecule has 0 bridgehead atoms. The van der Waals surface area contributed by atoms with Gasteiger partial charge in [0.2, 0.25) is 5.88 Å². The Bertz CT molecular complexity index is 519. The fraction of sp³-hybridized carbons (Fsp3) is 0.455. The smallest absolute Gasteiger partial charge is 0.469 e. The standard InChI is InChI=1S/C11H11F5N2O3/c1-20-7(19)3-5-2-6(4-17)10(21-11(14,15)16)18-8(5)9(12)13/h2,9H,3-4,17H2,1H3. The zero-order valence-corrected chi connectivity index (χ0v) is 10.7. The molecule has 1 aromatic rings. The molecule has 1 aromatic heterocycles. The van der Waals surface area contributed by atoms with Gasteiger partial charge in [0.25, 0.3) is 6.43 Å². The average molecular weight is 314 g/mol. The summed E-state index contributed by atoms with van der Waals surface area (Å²) in [5.74, 6) is -1.90. The molecular formula is C11H11F5N2O3. The van der Waals surface area contributed by atoms with Crippen LogP contribution in [0.5, 0.6) is 5.88 Å². The fourth-order valence-electron chi connectivity index (χ4n) is 1.50. The minimum atomic E-state index is -5.10. The summed E-state index contributed by atoms with van der Waals surface area (Å²) in [6.07, 6.45) is -8.85. The lowest BCUT2D eigenvalue weighted by atomic mass is 10.1. The topological polar surface area (TPSA) is 74.4 Å². The molecule has 0 unspecified atom stereocenters. The molecule has 0 saturated carbocycles. The number of aromatic nitrogens is 1. The summed E-state index contributed by atoms with van der Waals surface area (Å²) in [6, 6.07) is 0.923. The van der Waals surface area contributed by atoms with Gasteiger partial charge < -0.3 is 15.2 Å². The van der Waals surface area contributed by atoms with Crippen molar-refractivity contribution >= 4 is 5.97 Å². The van der Waals surface area contributed by atoms with Crippen LogP contribution in [0, 0.1) is 0 Å². The summed E-state index contributed by atoms with van der Waals surface area (Å²) in [5.41, 5.74) is 3.72. The van der Waals surface area contributed by atoms with E-state index in [0.717, 1.165) is 13.2 Å². The van der Waals surface area contributed by atoms with Gasteiger partial charge >= 0.3 is 12.3 Å². The molecule has 0 aliphatic rings. The van der Waals surface area contributed by atoms with Gasteiger partial charge in [0.15, 0.2) is 0 Å². The molecule has 0 amide bonds. The maximum Gasteiger partial charge on any atom is 0.574 e. The molecule has 1 rings (SSSR count). The lowest BCUT2D eigenvalue weighted by Crippen LogP contribution is -2.21. The molecule has 0 aliphatic carbocycles. The number of alkyl halides is 5. The van der Waals surface area contributed by atoms with Crippen molar-refractivity contribution in [3.05, 3.63) is 22.9 Å². The van der Waals surface area contributed by atoms with E-state index in [1.165, 1.54) is 0 Å². The second-order valence-electron chi connectivity index (χ2n) is 3.80. The number of nitrogens with zero attached hydrogens (tertiary/aromatic N) is 1. The molecule has 118 valence electrons. The van der Waals surface area contributed by atoms with E-state index in [-0.39, 0.29) is 11.1 Å². The highest BCUT2D eigenvalue weighted by Crippen LogP contribution is 2.30. The van der Waals surface area contributed by atoms with Gasteiger partial charge in [0.1, 0.15) is 5.69 Å². The first-order valence-corrected chi connectivity index (χ1v) is 5.51. The maximum atomic E-state index is 12.8. The second kappa shape index (κ2) is 6.66. The van der Waals surface area contributed by atoms with Crippen LogP contribution in [0.25, 0.3) is 0 Å². The molecule has 0 saturated heterocycles. The molecule has 1 heterocycles. The van der Waals surface area contributed by atoms with Gasteiger partial charge in [-0.1, -0.05) is 0 Å². The molecule has 21 heavy (non-hydrogen) atoms. The first-order valence-electron chi connectivity index (χ1n) is 5.51. The quantitative estimate of drug-likeness (QED) is 0.665. The predicted octanol–water partition coefficient (Wildman–Crippen LogP) is 2.09. The Labute approximate surface area is 115 Å². The molecule has 0 aromatic carbocycles. The lowest BCUT2D eigenvalue weighted by Gasteiger charge is -2.15. The van der Waals surface area contributed by atoms with Crippen molar-refractivity contribution in [1.29, 1.82) is 0 Å². The number of hydrogen-bond donors (Lipinski definition) is 1. The van der Waals surface area contributed by atoms with Crippen LogP contribution < -0.4 is 10.5 Å². The predicted molar refractivity (Wildman–Crippen MR) is 59.5 cm³/mol. The van der Waals surface area contributed by atoms with E-state index in [1.807, 2.05) is 0 Å². The fourth-order valence-corrected chi connectivity index (χ4v) is 1.50. The number of esters is 1. The van der Waals surface area contributed by atoms with Crippen molar-refractivity contribution in [2.45, 2.75) is 25.8 Å². The van der Waals surface area contributed by atoms with Crippen molar-refractivity contribution in [1.82, 2.24) is 4.98 Å². The highest BCUT2D eigenvalue weighted by Gasteiger charge is 2.34. The molecular weight excluding hydrogens is 303 g/mol. The Hall–Kier alpha value is -1.97. The Balaban J connectivity index is 3.30. The third kappa shape index (κ3) is 4.81. The van der Waals surface area contributed by atoms with E-state index in [4.69, 9.17) is 5.73 Å². The first-order chi connectivity index (χ1) is 9.67. The van der Waals surface area contributed by atoms with Gasteiger partial charge in [-0.15, -0.1) is 13.2 Å². The zero-order chi connectivity index (χ0) is 16.2. The molecule has 0 fully saturated rings. The van der Waals surface area contributed by atoms with E-state index in [9.17, 15) is 26.7 Å². The second-order valence-corrected chi connectivity index (χ2v) is 3.80. The molecule has 0 aliphatic heterocycles.